The molecule has 1 aromatic heterocycles. The smallest absolute Gasteiger partial charge is 0.274 e. The summed E-state index contributed by atoms with van der Waals surface area (Å²) in [7, 11) is 0. The maximum Gasteiger partial charge on any atom is 0.274 e. The molecule has 1 aliphatic rings. The van der Waals surface area contributed by atoms with Gasteiger partial charge in [-0.3, -0.25) is 4.79 Å². The number of anilines is 1. The van der Waals surface area contributed by atoms with E-state index in [1.807, 2.05) is 24.3 Å². The Kier molecular flexibility index (Phi) is 3.92. The highest BCUT2D eigenvalue weighted by atomic mass is 19.1. The summed E-state index contributed by atoms with van der Waals surface area (Å²) in [5.74, 6) is -0.804. The fourth-order valence-corrected chi connectivity index (χ4v) is 2.01. The number of nitrogens with one attached hydrogen (secondary N) is 2. The fraction of sp³-hybridized carbons (Fsp3) is 0.250. The predicted octanol–water partition coefficient (Wildman–Crippen LogP) is 2.73. The summed E-state index contributed by atoms with van der Waals surface area (Å²) in [5, 5.41) is 6.19. The second-order valence-electron chi connectivity index (χ2n) is 5.17. The number of hydrogen-bond donors (Lipinski definition) is 2. The second-order valence-corrected chi connectivity index (χ2v) is 5.17. The monoisotopic (exact) mass is 285 g/mol. The van der Waals surface area contributed by atoms with Crippen molar-refractivity contribution in [1.82, 2.24) is 10.3 Å². The average molecular weight is 285 g/mol. The molecule has 0 radical (unpaired) electrons. The highest BCUT2D eigenvalue weighted by molar-refractivity contribution is 6.02. The van der Waals surface area contributed by atoms with Crippen molar-refractivity contribution in [3.05, 3.63) is 59.7 Å². The Morgan fingerprint density at radius 2 is 2.14 bits per heavy atom. The first-order chi connectivity index (χ1) is 10.2. The number of rotatable bonds is 5. The molecule has 0 spiro atoms. The normalized spacial score (nSPS) is 14.0. The second kappa shape index (κ2) is 6.01. The molecule has 2 aromatic rings. The van der Waals surface area contributed by atoms with Crippen LogP contribution in [0.4, 0.5) is 10.1 Å². The van der Waals surface area contributed by atoms with Crippen molar-refractivity contribution in [2.45, 2.75) is 25.4 Å². The van der Waals surface area contributed by atoms with E-state index in [9.17, 15) is 9.18 Å². The molecule has 0 unspecified atom stereocenters. The molecule has 1 amide bonds. The Morgan fingerprint density at radius 1 is 1.29 bits per heavy atom. The summed E-state index contributed by atoms with van der Waals surface area (Å²) < 4.78 is 12.8. The Morgan fingerprint density at radius 3 is 2.86 bits per heavy atom. The largest absolute Gasteiger partial charge is 0.321 e. The van der Waals surface area contributed by atoms with Gasteiger partial charge in [0.05, 0.1) is 6.20 Å². The van der Waals surface area contributed by atoms with E-state index in [0.717, 1.165) is 18.3 Å². The Bertz CT molecular complexity index is 638. The van der Waals surface area contributed by atoms with E-state index in [-0.39, 0.29) is 11.6 Å². The number of aromatic nitrogens is 1. The van der Waals surface area contributed by atoms with E-state index >= 15 is 0 Å². The zero-order chi connectivity index (χ0) is 14.7. The van der Waals surface area contributed by atoms with Crippen molar-refractivity contribution in [3.63, 3.8) is 0 Å². The van der Waals surface area contributed by atoms with Crippen LogP contribution < -0.4 is 10.6 Å². The lowest BCUT2D eigenvalue weighted by Gasteiger charge is -2.08. The molecule has 0 saturated heterocycles. The molecular weight excluding hydrogens is 269 g/mol. The highest BCUT2D eigenvalue weighted by Gasteiger charge is 2.19. The minimum Gasteiger partial charge on any atom is -0.321 e. The first-order valence-electron chi connectivity index (χ1n) is 6.96. The molecule has 0 bridgehead atoms. The molecule has 1 aliphatic carbocycles. The van der Waals surface area contributed by atoms with Gasteiger partial charge in [0.2, 0.25) is 0 Å². The lowest BCUT2D eigenvalue weighted by atomic mass is 10.2. The molecule has 4 nitrogen and oxygen atoms in total. The fourth-order valence-electron chi connectivity index (χ4n) is 2.01. The zero-order valence-electron chi connectivity index (χ0n) is 11.5. The molecule has 0 atom stereocenters. The molecule has 1 fully saturated rings. The van der Waals surface area contributed by atoms with Crippen LogP contribution in [0.2, 0.25) is 0 Å². The van der Waals surface area contributed by atoms with Crippen molar-refractivity contribution >= 4 is 11.6 Å². The van der Waals surface area contributed by atoms with Crippen LogP contribution in [0, 0.1) is 5.82 Å². The van der Waals surface area contributed by atoms with Crippen LogP contribution in [0.25, 0.3) is 0 Å². The predicted molar refractivity (Wildman–Crippen MR) is 78.5 cm³/mol. The first-order valence-corrected chi connectivity index (χ1v) is 6.96. The minimum atomic E-state index is -0.459. The average Bonchev–Trinajstić information content (AvgIpc) is 3.30. The number of pyridine rings is 1. The van der Waals surface area contributed by atoms with Gasteiger partial charge in [0.15, 0.2) is 0 Å². The summed E-state index contributed by atoms with van der Waals surface area (Å²) >= 11 is 0. The van der Waals surface area contributed by atoms with E-state index in [2.05, 4.69) is 15.6 Å². The van der Waals surface area contributed by atoms with E-state index in [0.29, 0.717) is 11.7 Å². The zero-order valence-corrected chi connectivity index (χ0v) is 11.5. The topological polar surface area (TPSA) is 54.0 Å². The lowest BCUT2D eigenvalue weighted by molar-refractivity contribution is 0.102. The molecule has 5 heteroatoms. The molecule has 3 rings (SSSR count). The van der Waals surface area contributed by atoms with Crippen LogP contribution in [0.5, 0.6) is 0 Å². The van der Waals surface area contributed by atoms with Gasteiger partial charge in [-0.05, 0) is 42.7 Å². The molecule has 108 valence electrons. The number of carbonyl (C=O) groups is 1. The summed E-state index contributed by atoms with van der Waals surface area (Å²) in [6.45, 7) is 0.795. The van der Waals surface area contributed by atoms with Crippen LogP contribution in [-0.2, 0) is 6.54 Å². The van der Waals surface area contributed by atoms with Gasteiger partial charge in [-0.1, -0.05) is 12.1 Å². The SMILES string of the molecule is O=C(Nc1cccc(CNC2CC2)c1)c1ccc(F)cn1. The summed E-state index contributed by atoms with van der Waals surface area (Å²) in [6.07, 6.45) is 3.52. The van der Waals surface area contributed by atoms with Gasteiger partial charge < -0.3 is 10.6 Å². The van der Waals surface area contributed by atoms with Crippen molar-refractivity contribution < 1.29 is 9.18 Å². The van der Waals surface area contributed by atoms with E-state index in [4.69, 9.17) is 0 Å². The number of amides is 1. The van der Waals surface area contributed by atoms with Gasteiger partial charge in [0.1, 0.15) is 11.5 Å². The van der Waals surface area contributed by atoms with Gasteiger partial charge in [0.25, 0.3) is 5.91 Å². The van der Waals surface area contributed by atoms with E-state index < -0.39 is 5.82 Å². The van der Waals surface area contributed by atoms with Gasteiger partial charge in [-0.15, -0.1) is 0 Å². The summed E-state index contributed by atoms with van der Waals surface area (Å²) in [5.41, 5.74) is 2.02. The van der Waals surface area contributed by atoms with E-state index in [1.165, 1.54) is 25.0 Å². The van der Waals surface area contributed by atoms with Gasteiger partial charge in [-0.2, -0.15) is 0 Å². The first kappa shape index (κ1) is 13.7. The standard InChI is InChI=1S/C16H16FN3O/c17-12-4-7-15(19-10-12)16(21)20-14-3-1-2-11(8-14)9-18-13-5-6-13/h1-4,7-8,10,13,18H,5-6,9H2,(H,20,21). The molecule has 1 aromatic carbocycles. The Balaban J connectivity index is 1.64. The quantitative estimate of drug-likeness (QED) is 0.888. The molecule has 1 heterocycles. The third-order valence-corrected chi connectivity index (χ3v) is 3.32. The number of halogens is 1. The summed E-state index contributed by atoms with van der Waals surface area (Å²) in [4.78, 5) is 15.8. The van der Waals surface area contributed by atoms with Crippen LogP contribution in [0.3, 0.4) is 0 Å². The lowest BCUT2D eigenvalue weighted by Crippen LogP contribution is -2.16. The Labute approximate surface area is 122 Å². The molecular formula is C16H16FN3O. The van der Waals surface area contributed by atoms with Crippen LogP contribution in [0.15, 0.2) is 42.6 Å². The van der Waals surface area contributed by atoms with Crippen molar-refractivity contribution in [3.8, 4) is 0 Å². The third-order valence-electron chi connectivity index (χ3n) is 3.32. The number of nitrogens with zero attached hydrogens (tertiary/aromatic N) is 1. The van der Waals surface area contributed by atoms with Gasteiger partial charge in [-0.25, -0.2) is 9.37 Å². The Hall–Kier alpha value is -2.27. The maximum atomic E-state index is 12.8. The van der Waals surface area contributed by atoms with Crippen LogP contribution in [-0.4, -0.2) is 16.9 Å². The highest BCUT2D eigenvalue weighted by Crippen LogP contribution is 2.20. The van der Waals surface area contributed by atoms with Gasteiger partial charge in [0, 0.05) is 18.3 Å². The molecule has 1 saturated carbocycles. The van der Waals surface area contributed by atoms with E-state index in [1.54, 1.807) is 0 Å². The molecule has 0 aliphatic heterocycles. The van der Waals surface area contributed by atoms with Crippen molar-refractivity contribution in [2.24, 2.45) is 0 Å². The van der Waals surface area contributed by atoms with Gasteiger partial charge >= 0.3 is 0 Å². The minimum absolute atomic E-state index is 0.193. The van der Waals surface area contributed by atoms with Crippen molar-refractivity contribution in [2.75, 3.05) is 5.32 Å². The van der Waals surface area contributed by atoms with Crippen LogP contribution in [0.1, 0.15) is 28.9 Å². The molecule has 21 heavy (non-hydrogen) atoms. The maximum absolute atomic E-state index is 12.8. The third kappa shape index (κ3) is 3.86. The molecule has 2 N–H and O–H groups in total. The van der Waals surface area contributed by atoms with Crippen molar-refractivity contribution in [1.29, 1.82) is 0 Å². The number of benzene rings is 1. The number of carbonyl (C=O) groups excluding carboxylic acids is 1. The summed E-state index contributed by atoms with van der Waals surface area (Å²) in [6, 6.07) is 10.9. The number of hydrogen-bond acceptors (Lipinski definition) is 3. The van der Waals surface area contributed by atoms with Crippen LogP contribution >= 0.6 is 0 Å².